The number of hydrogen-bond acceptors (Lipinski definition) is 4. The Morgan fingerprint density at radius 3 is 2.76 bits per heavy atom. The Hall–Kier alpha value is -2.25. The van der Waals surface area contributed by atoms with Crippen molar-refractivity contribution in [3.05, 3.63) is 57.8 Å². The van der Waals surface area contributed by atoms with E-state index in [-0.39, 0.29) is 17.8 Å². The average molecular weight is 350 g/mol. The zero-order chi connectivity index (χ0) is 15.4. The highest BCUT2D eigenvalue weighted by Gasteiger charge is 2.16. The summed E-state index contributed by atoms with van der Waals surface area (Å²) < 4.78 is 0.490. The Labute approximate surface area is 129 Å². The standard InChI is InChI=1S/C14H12BrN3O3/c15-11-3-1-2-10(14(20)21)12(11)18-13(19)8-4-5-17-9(6-8)7-16/h1-6H,7,16H2,(H,18,19)(H,20,21). The Kier molecular flexibility index (Phi) is 4.66. The second-order valence-corrected chi connectivity index (χ2v) is 5.02. The molecule has 0 spiro atoms. The molecule has 6 nitrogen and oxygen atoms in total. The smallest absolute Gasteiger partial charge is 0.337 e. The molecule has 0 aliphatic carbocycles. The van der Waals surface area contributed by atoms with Gasteiger partial charge in [0.2, 0.25) is 0 Å². The molecule has 2 rings (SSSR count). The Morgan fingerprint density at radius 2 is 2.10 bits per heavy atom. The highest BCUT2D eigenvalue weighted by atomic mass is 79.9. The molecule has 1 aromatic carbocycles. The lowest BCUT2D eigenvalue weighted by molar-refractivity contribution is 0.0698. The molecule has 21 heavy (non-hydrogen) atoms. The Bertz CT molecular complexity index is 704. The lowest BCUT2D eigenvalue weighted by Gasteiger charge is -2.11. The van der Waals surface area contributed by atoms with E-state index in [0.29, 0.717) is 15.7 Å². The van der Waals surface area contributed by atoms with E-state index in [1.54, 1.807) is 18.2 Å². The van der Waals surface area contributed by atoms with Crippen molar-refractivity contribution in [1.82, 2.24) is 4.98 Å². The summed E-state index contributed by atoms with van der Waals surface area (Å²) in [4.78, 5) is 27.4. The fraction of sp³-hybridized carbons (Fsp3) is 0.0714. The van der Waals surface area contributed by atoms with Crippen molar-refractivity contribution in [1.29, 1.82) is 0 Å². The van der Waals surface area contributed by atoms with Gasteiger partial charge < -0.3 is 16.2 Å². The predicted octanol–water partition coefficient (Wildman–Crippen LogP) is 2.25. The number of aromatic carboxylic acids is 1. The summed E-state index contributed by atoms with van der Waals surface area (Å²) in [6, 6.07) is 7.75. The SMILES string of the molecule is NCc1cc(C(=O)Nc2c(Br)cccc2C(=O)O)ccn1. The van der Waals surface area contributed by atoms with Crippen LogP contribution in [0.15, 0.2) is 41.0 Å². The number of halogens is 1. The number of aromatic nitrogens is 1. The fourth-order valence-corrected chi connectivity index (χ4v) is 2.21. The number of anilines is 1. The largest absolute Gasteiger partial charge is 0.478 e. The van der Waals surface area contributed by atoms with E-state index in [9.17, 15) is 9.59 Å². The first kappa shape index (κ1) is 15.1. The molecule has 108 valence electrons. The van der Waals surface area contributed by atoms with Crippen LogP contribution in [0.5, 0.6) is 0 Å². The van der Waals surface area contributed by atoms with Crippen molar-refractivity contribution in [2.24, 2.45) is 5.73 Å². The monoisotopic (exact) mass is 349 g/mol. The summed E-state index contributed by atoms with van der Waals surface area (Å²) in [5.41, 5.74) is 6.63. The van der Waals surface area contributed by atoms with E-state index < -0.39 is 11.9 Å². The summed E-state index contributed by atoms with van der Waals surface area (Å²) in [6.45, 7) is 0.219. The molecular weight excluding hydrogens is 338 g/mol. The number of nitrogens with zero attached hydrogens (tertiary/aromatic N) is 1. The van der Waals surface area contributed by atoms with Gasteiger partial charge in [-0.15, -0.1) is 0 Å². The van der Waals surface area contributed by atoms with Crippen molar-refractivity contribution < 1.29 is 14.7 Å². The first-order chi connectivity index (χ1) is 10.0. The van der Waals surface area contributed by atoms with E-state index in [2.05, 4.69) is 26.2 Å². The minimum Gasteiger partial charge on any atom is -0.478 e. The van der Waals surface area contributed by atoms with Crippen LogP contribution in [-0.2, 0) is 6.54 Å². The van der Waals surface area contributed by atoms with Crippen LogP contribution >= 0.6 is 15.9 Å². The zero-order valence-electron chi connectivity index (χ0n) is 10.8. The quantitative estimate of drug-likeness (QED) is 0.784. The molecule has 0 unspecified atom stereocenters. The van der Waals surface area contributed by atoms with Gasteiger partial charge in [0, 0.05) is 22.8 Å². The number of carboxylic acids is 1. The topological polar surface area (TPSA) is 105 Å². The highest BCUT2D eigenvalue weighted by molar-refractivity contribution is 9.10. The van der Waals surface area contributed by atoms with Crippen LogP contribution in [0, 0.1) is 0 Å². The molecule has 2 aromatic rings. The van der Waals surface area contributed by atoms with Crippen LogP contribution in [0.2, 0.25) is 0 Å². The van der Waals surface area contributed by atoms with Crippen molar-refractivity contribution in [2.75, 3.05) is 5.32 Å². The second kappa shape index (κ2) is 6.47. The van der Waals surface area contributed by atoms with Crippen molar-refractivity contribution in [2.45, 2.75) is 6.54 Å². The normalized spacial score (nSPS) is 10.2. The van der Waals surface area contributed by atoms with Gasteiger partial charge in [-0.2, -0.15) is 0 Å². The zero-order valence-corrected chi connectivity index (χ0v) is 12.4. The van der Waals surface area contributed by atoms with Crippen molar-refractivity contribution in [3.63, 3.8) is 0 Å². The molecule has 0 saturated carbocycles. The van der Waals surface area contributed by atoms with E-state index in [0.717, 1.165) is 0 Å². The van der Waals surface area contributed by atoms with Crippen LogP contribution in [-0.4, -0.2) is 22.0 Å². The number of para-hydroxylation sites is 1. The van der Waals surface area contributed by atoms with E-state index >= 15 is 0 Å². The molecule has 0 radical (unpaired) electrons. The van der Waals surface area contributed by atoms with Gasteiger partial charge in [-0.05, 0) is 40.2 Å². The molecule has 4 N–H and O–H groups in total. The van der Waals surface area contributed by atoms with Crippen LogP contribution in [0.3, 0.4) is 0 Å². The molecular formula is C14H12BrN3O3. The molecule has 0 fully saturated rings. The molecule has 0 aliphatic rings. The summed E-state index contributed by atoms with van der Waals surface area (Å²) in [6.07, 6.45) is 1.48. The third-order valence-corrected chi connectivity index (χ3v) is 3.43. The predicted molar refractivity (Wildman–Crippen MR) is 81.2 cm³/mol. The van der Waals surface area contributed by atoms with Crippen LogP contribution < -0.4 is 11.1 Å². The minimum atomic E-state index is -1.12. The first-order valence-corrected chi connectivity index (χ1v) is 6.80. The number of carbonyl (C=O) groups is 2. The maximum Gasteiger partial charge on any atom is 0.337 e. The molecule has 0 bridgehead atoms. The number of hydrogen-bond donors (Lipinski definition) is 3. The third-order valence-electron chi connectivity index (χ3n) is 2.77. The van der Waals surface area contributed by atoms with Gasteiger partial charge in [-0.25, -0.2) is 4.79 Å². The maximum atomic E-state index is 12.2. The number of amides is 1. The van der Waals surface area contributed by atoms with E-state index in [1.807, 2.05) is 0 Å². The van der Waals surface area contributed by atoms with E-state index in [1.165, 1.54) is 18.3 Å². The number of benzene rings is 1. The third kappa shape index (κ3) is 3.45. The highest BCUT2D eigenvalue weighted by Crippen LogP contribution is 2.27. The van der Waals surface area contributed by atoms with Gasteiger partial charge >= 0.3 is 5.97 Å². The first-order valence-electron chi connectivity index (χ1n) is 6.01. The Morgan fingerprint density at radius 1 is 1.33 bits per heavy atom. The Balaban J connectivity index is 2.33. The van der Waals surface area contributed by atoms with Crippen molar-refractivity contribution >= 4 is 33.5 Å². The number of rotatable bonds is 4. The molecule has 1 heterocycles. The molecule has 1 aromatic heterocycles. The fourth-order valence-electron chi connectivity index (χ4n) is 1.75. The summed E-state index contributed by atoms with van der Waals surface area (Å²) in [5, 5.41) is 11.7. The van der Waals surface area contributed by atoms with E-state index in [4.69, 9.17) is 10.8 Å². The van der Waals surface area contributed by atoms with Gasteiger partial charge in [-0.1, -0.05) is 6.07 Å². The summed E-state index contributed by atoms with van der Waals surface area (Å²) >= 11 is 3.23. The molecule has 7 heteroatoms. The second-order valence-electron chi connectivity index (χ2n) is 4.16. The maximum absolute atomic E-state index is 12.2. The molecule has 1 amide bonds. The van der Waals surface area contributed by atoms with Crippen LogP contribution in [0.1, 0.15) is 26.4 Å². The summed E-state index contributed by atoms with van der Waals surface area (Å²) in [7, 11) is 0. The number of carbonyl (C=O) groups excluding carboxylic acids is 1. The molecule has 0 saturated heterocycles. The van der Waals surface area contributed by atoms with Crippen LogP contribution in [0.25, 0.3) is 0 Å². The van der Waals surface area contributed by atoms with Gasteiger partial charge in [0.15, 0.2) is 0 Å². The van der Waals surface area contributed by atoms with Gasteiger partial charge in [-0.3, -0.25) is 9.78 Å². The average Bonchev–Trinajstić information content (AvgIpc) is 2.49. The lowest BCUT2D eigenvalue weighted by Crippen LogP contribution is -2.16. The number of carboxylic acid groups (broad SMARTS) is 1. The van der Waals surface area contributed by atoms with Gasteiger partial charge in [0.1, 0.15) is 0 Å². The lowest BCUT2D eigenvalue weighted by atomic mass is 10.1. The molecule has 0 atom stereocenters. The number of nitrogens with one attached hydrogen (secondary N) is 1. The summed E-state index contributed by atoms with van der Waals surface area (Å²) in [5.74, 6) is -1.55. The minimum absolute atomic E-state index is 0.00540. The van der Waals surface area contributed by atoms with Crippen molar-refractivity contribution in [3.8, 4) is 0 Å². The number of pyridine rings is 1. The van der Waals surface area contributed by atoms with Crippen LogP contribution in [0.4, 0.5) is 5.69 Å². The van der Waals surface area contributed by atoms with Gasteiger partial charge in [0.05, 0.1) is 16.9 Å². The molecule has 0 aliphatic heterocycles. The van der Waals surface area contributed by atoms with Gasteiger partial charge in [0.25, 0.3) is 5.91 Å². The number of nitrogens with two attached hydrogens (primary N) is 1.